The Morgan fingerprint density at radius 3 is 2.56 bits per heavy atom. The van der Waals surface area contributed by atoms with Crippen molar-refractivity contribution in [1.29, 1.82) is 0 Å². The fourth-order valence-electron chi connectivity index (χ4n) is 2.26. The van der Waals surface area contributed by atoms with Crippen molar-refractivity contribution in [3.8, 4) is 5.75 Å². The van der Waals surface area contributed by atoms with Gasteiger partial charge in [0.05, 0.1) is 22.6 Å². The zero-order valence-corrected chi connectivity index (χ0v) is 17.2. The van der Waals surface area contributed by atoms with Gasteiger partial charge in [0, 0.05) is 9.26 Å². The number of rotatable bonds is 5. The Bertz CT molecular complexity index is 932. The van der Waals surface area contributed by atoms with Gasteiger partial charge in [-0.3, -0.25) is 4.79 Å². The molecule has 2 aromatic rings. The molecule has 0 radical (unpaired) electrons. The molecule has 2 aromatic carbocycles. The minimum Gasteiger partial charge on any atom is -0.496 e. The van der Waals surface area contributed by atoms with E-state index < -0.39 is 15.9 Å². The molecule has 0 heterocycles. The van der Waals surface area contributed by atoms with Gasteiger partial charge in [0.1, 0.15) is 5.75 Å². The number of methoxy groups -OCH3 is 1. The monoisotopic (exact) mass is 494 g/mol. The molecule has 0 aliphatic rings. The average molecular weight is 495 g/mol. The number of halogens is 2. The molecule has 0 saturated carbocycles. The Balaban J connectivity index is 2.41. The van der Waals surface area contributed by atoms with Crippen molar-refractivity contribution < 1.29 is 17.9 Å². The summed E-state index contributed by atoms with van der Waals surface area (Å²) in [5.41, 5.74) is 1.13. The van der Waals surface area contributed by atoms with E-state index in [1.54, 1.807) is 18.2 Å². The maximum atomic E-state index is 12.5. The molecule has 0 atom stereocenters. The molecule has 2 rings (SSSR count). The van der Waals surface area contributed by atoms with Gasteiger partial charge in [0.2, 0.25) is 10.0 Å². The second-order valence-corrected chi connectivity index (χ2v) is 8.24. The van der Waals surface area contributed by atoms with Crippen LogP contribution in [-0.4, -0.2) is 21.4 Å². The number of hydrogen-bond donors (Lipinski definition) is 2. The molecule has 0 saturated heterocycles. The van der Waals surface area contributed by atoms with Crippen molar-refractivity contribution >= 4 is 55.8 Å². The third-order valence-electron chi connectivity index (χ3n) is 3.50. The van der Waals surface area contributed by atoms with Gasteiger partial charge in [0.25, 0.3) is 5.91 Å². The summed E-state index contributed by atoms with van der Waals surface area (Å²) < 4.78 is 29.4. The minimum absolute atomic E-state index is 0.0135. The highest BCUT2D eigenvalue weighted by Gasteiger charge is 2.18. The number of sulfonamides is 1. The Labute approximate surface area is 164 Å². The van der Waals surface area contributed by atoms with E-state index in [-0.39, 0.29) is 10.5 Å². The van der Waals surface area contributed by atoms with E-state index in [1.807, 2.05) is 29.5 Å². The van der Waals surface area contributed by atoms with Gasteiger partial charge in [-0.05, 0) is 58.8 Å². The Morgan fingerprint density at radius 2 is 2.00 bits per heavy atom. The summed E-state index contributed by atoms with van der Waals surface area (Å²) in [5.74, 6) is -0.108. The van der Waals surface area contributed by atoms with Gasteiger partial charge in [0.15, 0.2) is 0 Å². The molecule has 3 N–H and O–H groups in total. The van der Waals surface area contributed by atoms with Crippen molar-refractivity contribution in [1.82, 2.24) is 0 Å². The maximum Gasteiger partial charge on any atom is 0.259 e. The van der Waals surface area contributed by atoms with Gasteiger partial charge in [-0.2, -0.15) is 0 Å². The van der Waals surface area contributed by atoms with Gasteiger partial charge < -0.3 is 10.1 Å². The lowest BCUT2D eigenvalue weighted by Crippen LogP contribution is -2.17. The van der Waals surface area contributed by atoms with Gasteiger partial charge in [-0.25, -0.2) is 13.6 Å². The van der Waals surface area contributed by atoms with Crippen molar-refractivity contribution in [2.45, 2.75) is 18.2 Å². The summed E-state index contributed by atoms with van der Waals surface area (Å²) in [4.78, 5) is 12.5. The number of anilines is 1. The first-order valence-electron chi connectivity index (χ1n) is 7.17. The predicted molar refractivity (Wildman–Crippen MR) is 106 cm³/mol. The fourth-order valence-corrected chi connectivity index (χ4v) is 3.73. The highest BCUT2D eigenvalue weighted by molar-refractivity contribution is 14.1. The molecule has 6 nitrogen and oxygen atoms in total. The first-order valence-corrected chi connectivity index (χ1v) is 10.2. The molecule has 0 aromatic heterocycles. The van der Waals surface area contributed by atoms with Crippen molar-refractivity contribution in [2.75, 3.05) is 12.4 Å². The summed E-state index contributed by atoms with van der Waals surface area (Å²) in [5, 5.41) is 8.31. The molecule has 0 aliphatic heterocycles. The molecule has 25 heavy (non-hydrogen) atoms. The van der Waals surface area contributed by atoms with Crippen LogP contribution in [0.4, 0.5) is 5.69 Å². The minimum atomic E-state index is -3.89. The van der Waals surface area contributed by atoms with Gasteiger partial charge >= 0.3 is 0 Å². The number of carbonyl (C=O) groups is 1. The molecule has 1 amide bonds. The summed E-state index contributed by atoms with van der Waals surface area (Å²) in [6.45, 7) is 1.82. The predicted octanol–water partition coefficient (Wildman–Crippen LogP) is 3.42. The largest absolute Gasteiger partial charge is 0.496 e. The molecule has 9 heteroatoms. The zero-order valence-electron chi connectivity index (χ0n) is 13.5. The third-order valence-corrected chi connectivity index (χ3v) is 6.02. The van der Waals surface area contributed by atoms with Crippen LogP contribution < -0.4 is 15.2 Å². The molecular weight excluding hydrogens is 479 g/mol. The van der Waals surface area contributed by atoms with Crippen LogP contribution in [0, 0.1) is 3.57 Å². The first kappa shape index (κ1) is 20.0. The lowest BCUT2D eigenvalue weighted by Gasteiger charge is -2.13. The molecule has 0 bridgehead atoms. The van der Waals surface area contributed by atoms with Crippen LogP contribution in [0.25, 0.3) is 0 Å². The molecule has 134 valence electrons. The molecular formula is C16H16ClIN2O4S. The fraction of sp³-hybridized carbons (Fsp3) is 0.188. The normalized spacial score (nSPS) is 11.2. The Morgan fingerprint density at radius 1 is 1.32 bits per heavy atom. The van der Waals surface area contributed by atoms with Crippen LogP contribution >= 0.6 is 34.2 Å². The van der Waals surface area contributed by atoms with E-state index in [2.05, 4.69) is 5.32 Å². The second-order valence-electron chi connectivity index (χ2n) is 5.14. The summed E-state index contributed by atoms with van der Waals surface area (Å²) in [6, 6.07) is 7.72. The number of benzene rings is 2. The molecule has 0 aliphatic carbocycles. The first-order chi connectivity index (χ1) is 11.7. The molecule has 0 spiro atoms. The number of primary sulfonamides is 1. The van der Waals surface area contributed by atoms with Gasteiger partial charge in [-0.15, -0.1) is 0 Å². The highest BCUT2D eigenvalue weighted by Crippen LogP contribution is 2.29. The number of nitrogens with one attached hydrogen (secondary N) is 1. The zero-order chi connectivity index (χ0) is 18.8. The maximum absolute atomic E-state index is 12.5. The van der Waals surface area contributed by atoms with Crippen molar-refractivity contribution in [2.24, 2.45) is 5.14 Å². The molecule has 0 unspecified atom stereocenters. The molecule has 0 fully saturated rings. The third kappa shape index (κ3) is 4.63. The van der Waals surface area contributed by atoms with E-state index in [1.165, 1.54) is 19.2 Å². The lowest BCUT2D eigenvalue weighted by atomic mass is 10.1. The Hall–Kier alpha value is -1.36. The van der Waals surface area contributed by atoms with Crippen LogP contribution in [0.2, 0.25) is 5.02 Å². The standard InChI is InChI=1S/C16H16ClIN2O4S/c1-3-9-4-5-10(6-15(9)25(19,22)23)20-16(21)11-7-12(17)13(18)8-14(11)24-2/h4-8H,3H2,1-2H3,(H,20,21)(H2,19,22,23). The SMILES string of the molecule is CCc1ccc(NC(=O)c2cc(Cl)c(I)cc2OC)cc1S(N)(=O)=O. The van der Waals surface area contributed by atoms with Gasteiger partial charge in [-0.1, -0.05) is 24.6 Å². The number of carbonyl (C=O) groups excluding carboxylic acids is 1. The second kappa shape index (κ2) is 7.90. The Kier molecular flexibility index (Phi) is 6.30. The topological polar surface area (TPSA) is 98.5 Å². The summed E-state index contributed by atoms with van der Waals surface area (Å²) in [6.07, 6.45) is 0.501. The van der Waals surface area contributed by atoms with Crippen LogP contribution in [0.3, 0.4) is 0 Å². The number of aryl methyl sites for hydroxylation is 1. The van der Waals surface area contributed by atoms with E-state index in [9.17, 15) is 13.2 Å². The highest BCUT2D eigenvalue weighted by atomic mass is 127. The van der Waals surface area contributed by atoms with Crippen LogP contribution in [0.1, 0.15) is 22.8 Å². The van der Waals surface area contributed by atoms with E-state index in [0.717, 1.165) is 3.57 Å². The number of hydrogen-bond acceptors (Lipinski definition) is 4. The number of amides is 1. The number of ether oxygens (including phenoxy) is 1. The van der Waals surface area contributed by atoms with Crippen LogP contribution in [-0.2, 0) is 16.4 Å². The number of nitrogens with two attached hydrogens (primary N) is 1. The smallest absolute Gasteiger partial charge is 0.259 e. The summed E-state index contributed by atoms with van der Waals surface area (Å²) in [7, 11) is -2.44. The van der Waals surface area contributed by atoms with E-state index >= 15 is 0 Å². The van der Waals surface area contributed by atoms with E-state index in [0.29, 0.717) is 28.4 Å². The summed E-state index contributed by atoms with van der Waals surface area (Å²) >= 11 is 8.11. The lowest BCUT2D eigenvalue weighted by molar-refractivity contribution is 0.102. The van der Waals surface area contributed by atoms with Crippen molar-refractivity contribution in [3.05, 3.63) is 50.1 Å². The quantitative estimate of drug-likeness (QED) is 0.622. The average Bonchev–Trinajstić information content (AvgIpc) is 2.55. The van der Waals surface area contributed by atoms with Crippen LogP contribution in [0.15, 0.2) is 35.2 Å². The van der Waals surface area contributed by atoms with Crippen molar-refractivity contribution in [3.63, 3.8) is 0 Å². The van der Waals surface area contributed by atoms with Crippen LogP contribution in [0.5, 0.6) is 5.75 Å². The van der Waals surface area contributed by atoms with E-state index in [4.69, 9.17) is 21.5 Å².